The topological polar surface area (TPSA) is 102 Å². The molecular weight excluding hydrogens is 386 g/mol. The van der Waals surface area contributed by atoms with Gasteiger partial charge in [-0.05, 0) is 45.7 Å². The number of rotatable bonds is 4. The minimum atomic E-state index is -5.42. The van der Waals surface area contributed by atoms with Gasteiger partial charge in [-0.15, -0.1) is 0 Å². The highest BCUT2D eigenvalue weighted by Gasteiger charge is 2.36. The van der Waals surface area contributed by atoms with E-state index in [1.54, 1.807) is 20.8 Å². The van der Waals surface area contributed by atoms with Gasteiger partial charge in [-0.3, -0.25) is 9.69 Å². The van der Waals surface area contributed by atoms with Crippen LogP contribution in [-0.4, -0.2) is 43.5 Å². The Kier molecular flexibility index (Phi) is 5.93. The van der Waals surface area contributed by atoms with Crippen molar-refractivity contribution >= 4 is 28.2 Å². The fourth-order valence-electron chi connectivity index (χ4n) is 2.56. The summed E-state index contributed by atoms with van der Waals surface area (Å²) in [5.41, 5.74) is -0.738. The number of anilines is 1. The fourth-order valence-corrected chi connectivity index (χ4v) is 2.90. The summed E-state index contributed by atoms with van der Waals surface area (Å²) >= 11 is 0. The average Bonchev–Trinajstić information content (AvgIpc) is 2.97. The van der Waals surface area contributed by atoms with Gasteiger partial charge < -0.3 is 14.2 Å². The van der Waals surface area contributed by atoms with Gasteiger partial charge in [0, 0.05) is 18.3 Å². The third-order valence-electron chi connectivity index (χ3n) is 3.57. The Balaban J connectivity index is 2.12. The largest absolute Gasteiger partial charge is 0.488 e. The highest BCUT2D eigenvalue weighted by atomic mass is 32.3. The molecule has 1 aromatic rings. The van der Waals surface area contributed by atoms with E-state index in [1.807, 2.05) is 0 Å². The summed E-state index contributed by atoms with van der Waals surface area (Å²) in [4.78, 5) is 26.0. The summed E-state index contributed by atoms with van der Waals surface area (Å²) in [7, 11) is -5.42. The van der Waals surface area contributed by atoms with Crippen molar-refractivity contribution in [2.75, 3.05) is 11.9 Å². The Morgan fingerprint density at radius 3 is 2.56 bits per heavy atom. The van der Waals surface area contributed by atoms with Crippen molar-refractivity contribution in [3.8, 4) is 5.75 Å². The number of hydrogen-bond donors (Lipinski definition) is 1. The van der Waals surface area contributed by atoms with Gasteiger partial charge in [0.2, 0.25) is 5.91 Å². The quantitative estimate of drug-likeness (QED) is 0.772. The summed E-state index contributed by atoms with van der Waals surface area (Å²) in [6, 6.07) is 1.99. The monoisotopic (exact) mass is 406 g/mol. The van der Waals surface area contributed by atoms with Crippen molar-refractivity contribution in [3.05, 3.63) is 24.0 Å². The molecule has 8 nitrogen and oxygen atoms in total. The van der Waals surface area contributed by atoms with Crippen molar-refractivity contribution in [1.29, 1.82) is 0 Å². The number of ether oxygens (including phenoxy) is 1. The van der Waals surface area contributed by atoms with Crippen LogP contribution in [0.1, 0.15) is 33.6 Å². The molecular formula is C16H20F2N2O6S. The lowest BCUT2D eigenvalue weighted by Gasteiger charge is -2.28. The third kappa shape index (κ3) is 6.05. The molecule has 150 valence electrons. The second kappa shape index (κ2) is 7.67. The molecule has 0 saturated carbocycles. The zero-order valence-electron chi connectivity index (χ0n) is 15.0. The van der Waals surface area contributed by atoms with Gasteiger partial charge in [0.05, 0.1) is 0 Å². The van der Waals surface area contributed by atoms with E-state index < -0.39 is 45.7 Å². The molecule has 1 saturated heterocycles. The molecule has 1 aliphatic rings. The van der Waals surface area contributed by atoms with E-state index in [-0.39, 0.29) is 5.69 Å². The Hall–Kier alpha value is -2.43. The number of halogens is 2. The summed E-state index contributed by atoms with van der Waals surface area (Å²) in [5, 5.41) is 2.43. The van der Waals surface area contributed by atoms with Gasteiger partial charge in [0.15, 0.2) is 11.6 Å². The molecule has 0 spiro atoms. The minimum absolute atomic E-state index is 0.0175. The number of hydrogen-bond acceptors (Lipinski definition) is 6. The number of likely N-dealkylation sites (tertiary alicyclic amines) is 1. The molecule has 0 unspecified atom stereocenters. The smallest absolute Gasteiger partial charge is 0.444 e. The van der Waals surface area contributed by atoms with Crippen molar-refractivity contribution in [2.45, 2.75) is 45.3 Å². The number of nitrogens with zero attached hydrogens (tertiary/aromatic N) is 1. The lowest BCUT2D eigenvalue weighted by atomic mass is 10.2. The summed E-state index contributed by atoms with van der Waals surface area (Å²) in [6.45, 7) is 5.45. The van der Waals surface area contributed by atoms with E-state index in [9.17, 15) is 26.3 Å². The number of carbonyl (C=O) groups excluding carboxylic acids is 2. The lowest BCUT2D eigenvalue weighted by Crippen LogP contribution is -2.45. The average molecular weight is 406 g/mol. The van der Waals surface area contributed by atoms with Crippen LogP contribution < -0.4 is 9.50 Å². The number of amides is 2. The van der Waals surface area contributed by atoms with Gasteiger partial charge in [-0.25, -0.2) is 9.18 Å². The van der Waals surface area contributed by atoms with Gasteiger partial charge in [0.25, 0.3) is 0 Å². The predicted molar refractivity (Wildman–Crippen MR) is 91.6 cm³/mol. The van der Waals surface area contributed by atoms with Crippen LogP contribution in [0.2, 0.25) is 0 Å². The number of carbonyl (C=O) groups is 2. The highest BCUT2D eigenvalue weighted by Crippen LogP contribution is 2.26. The number of benzene rings is 1. The summed E-state index contributed by atoms with van der Waals surface area (Å²) in [5.74, 6) is -2.59. The molecule has 11 heteroatoms. The van der Waals surface area contributed by atoms with E-state index in [0.717, 1.165) is 18.2 Å². The van der Waals surface area contributed by atoms with Crippen LogP contribution in [0, 0.1) is 5.82 Å². The van der Waals surface area contributed by atoms with E-state index in [4.69, 9.17) is 4.74 Å². The van der Waals surface area contributed by atoms with Crippen molar-refractivity contribution in [1.82, 2.24) is 4.90 Å². The van der Waals surface area contributed by atoms with Gasteiger partial charge >= 0.3 is 16.6 Å². The Morgan fingerprint density at radius 1 is 1.30 bits per heavy atom. The van der Waals surface area contributed by atoms with Crippen LogP contribution in [0.25, 0.3) is 0 Å². The van der Waals surface area contributed by atoms with Crippen molar-refractivity contribution in [2.24, 2.45) is 0 Å². The summed E-state index contributed by atoms with van der Waals surface area (Å²) < 4.78 is 56.3. The van der Waals surface area contributed by atoms with Crippen LogP contribution >= 0.6 is 0 Å². The van der Waals surface area contributed by atoms with Gasteiger partial charge in [0.1, 0.15) is 11.6 Å². The SMILES string of the molecule is CC(C)(C)OC(=O)N1CCC[C@H]1C(=O)Nc1ccc(F)c(OS(=O)(=O)F)c1. The summed E-state index contributed by atoms with van der Waals surface area (Å²) in [6.07, 6.45) is 0.357. The van der Waals surface area contributed by atoms with Crippen molar-refractivity contribution in [3.63, 3.8) is 0 Å². The molecule has 2 amide bonds. The molecule has 2 rings (SSSR count). The number of nitrogens with one attached hydrogen (secondary N) is 1. The van der Waals surface area contributed by atoms with E-state index in [1.165, 1.54) is 4.90 Å². The van der Waals surface area contributed by atoms with Crippen LogP contribution in [0.4, 0.5) is 18.8 Å². The Labute approximate surface area is 155 Å². The first-order valence-electron chi connectivity index (χ1n) is 8.10. The first kappa shape index (κ1) is 20.9. The fraction of sp³-hybridized carbons (Fsp3) is 0.500. The van der Waals surface area contributed by atoms with E-state index >= 15 is 0 Å². The zero-order valence-corrected chi connectivity index (χ0v) is 15.8. The van der Waals surface area contributed by atoms with Crippen LogP contribution in [0.3, 0.4) is 0 Å². The van der Waals surface area contributed by atoms with E-state index in [0.29, 0.717) is 19.4 Å². The second-order valence-corrected chi connectivity index (χ2v) is 7.90. The molecule has 1 aliphatic heterocycles. The standard InChI is InChI=1S/C16H20F2N2O6S/c1-16(2,3)25-15(22)20-8-4-5-12(20)14(21)19-10-6-7-11(17)13(9-10)26-27(18,23)24/h6-7,9,12H,4-5,8H2,1-3H3,(H,19,21)/t12-/m0/s1. The molecule has 1 fully saturated rings. The molecule has 1 heterocycles. The Morgan fingerprint density at radius 2 is 1.96 bits per heavy atom. The van der Waals surface area contributed by atoms with Crippen LogP contribution in [0.15, 0.2) is 18.2 Å². The third-order valence-corrected chi connectivity index (χ3v) is 3.95. The zero-order chi connectivity index (χ0) is 20.4. The van der Waals surface area contributed by atoms with Crippen LogP contribution in [0.5, 0.6) is 5.75 Å². The minimum Gasteiger partial charge on any atom is -0.444 e. The molecule has 27 heavy (non-hydrogen) atoms. The maximum absolute atomic E-state index is 13.5. The normalized spacial score (nSPS) is 17.5. The molecule has 1 N–H and O–H groups in total. The second-order valence-electron chi connectivity index (χ2n) is 6.94. The first-order chi connectivity index (χ1) is 12.4. The maximum Gasteiger partial charge on any atom is 0.488 e. The first-order valence-corrected chi connectivity index (χ1v) is 9.41. The van der Waals surface area contributed by atoms with Gasteiger partial charge in [-0.1, -0.05) is 3.89 Å². The molecule has 0 bridgehead atoms. The van der Waals surface area contributed by atoms with Gasteiger partial charge in [-0.2, -0.15) is 8.42 Å². The van der Waals surface area contributed by atoms with Crippen molar-refractivity contribution < 1.29 is 35.2 Å². The molecule has 0 aromatic heterocycles. The maximum atomic E-state index is 13.5. The molecule has 1 aromatic carbocycles. The highest BCUT2D eigenvalue weighted by molar-refractivity contribution is 7.81. The molecule has 0 aliphatic carbocycles. The Bertz CT molecular complexity index is 838. The molecule has 1 atom stereocenters. The van der Waals surface area contributed by atoms with Crippen LogP contribution in [-0.2, 0) is 20.0 Å². The van der Waals surface area contributed by atoms with E-state index in [2.05, 4.69) is 9.50 Å². The predicted octanol–water partition coefficient (Wildman–Crippen LogP) is 2.76. The lowest BCUT2D eigenvalue weighted by molar-refractivity contribution is -0.120. The molecule has 0 radical (unpaired) electrons.